The van der Waals surface area contributed by atoms with Crippen LogP contribution in [0.15, 0.2) is 60.7 Å². The first kappa shape index (κ1) is 19.8. The molecule has 1 heterocycles. The van der Waals surface area contributed by atoms with Gasteiger partial charge in [0, 0.05) is 29.5 Å². The van der Waals surface area contributed by atoms with Crippen LogP contribution in [0.25, 0.3) is 0 Å². The highest BCUT2D eigenvalue weighted by Crippen LogP contribution is 2.49. The van der Waals surface area contributed by atoms with Gasteiger partial charge in [-0.15, -0.1) is 0 Å². The van der Waals surface area contributed by atoms with Crippen LogP contribution in [0, 0.1) is 0 Å². The Bertz CT molecular complexity index is 1040. The number of benzene rings is 3. The first-order chi connectivity index (χ1) is 14.6. The summed E-state index contributed by atoms with van der Waals surface area (Å²) >= 11 is 0. The van der Waals surface area contributed by atoms with Crippen LogP contribution in [-0.4, -0.2) is 27.3 Å². The largest absolute Gasteiger partial charge is 0.497 e. The third-order valence-electron chi connectivity index (χ3n) is 5.46. The van der Waals surface area contributed by atoms with Crippen LogP contribution in [-0.2, 0) is 11.2 Å². The van der Waals surface area contributed by atoms with Gasteiger partial charge in [0.2, 0.25) is 0 Å². The maximum atomic E-state index is 12.6. The summed E-state index contributed by atoms with van der Waals surface area (Å²) in [5, 5.41) is 0. The molecule has 0 amide bonds. The molecular weight excluding hydrogens is 380 g/mol. The van der Waals surface area contributed by atoms with Crippen molar-refractivity contribution in [3.05, 3.63) is 82.9 Å². The van der Waals surface area contributed by atoms with E-state index in [9.17, 15) is 4.79 Å². The van der Waals surface area contributed by atoms with Crippen molar-refractivity contribution in [2.75, 3.05) is 21.3 Å². The number of methoxy groups -OCH3 is 3. The third kappa shape index (κ3) is 3.71. The highest BCUT2D eigenvalue weighted by atomic mass is 16.5. The SMILES string of the molecule is COc1ccc(C2CC(=O)Oc3c(Cc4ccccc4)c(OC)cc(OC)c32)cc1. The number of rotatable bonds is 6. The fourth-order valence-electron chi connectivity index (χ4n) is 3.98. The van der Waals surface area contributed by atoms with Crippen LogP contribution in [0.1, 0.15) is 34.6 Å². The van der Waals surface area contributed by atoms with Gasteiger partial charge in [-0.05, 0) is 23.3 Å². The predicted molar refractivity (Wildman–Crippen MR) is 114 cm³/mol. The standard InChI is InChI=1S/C25H24O5/c1-27-18-11-9-17(10-12-18)19-14-23(26)30-25-20(13-16-7-5-4-6-8-16)21(28-2)15-22(29-3)24(19)25/h4-12,15,19H,13-14H2,1-3H3. The van der Waals surface area contributed by atoms with Crippen molar-refractivity contribution in [2.45, 2.75) is 18.8 Å². The van der Waals surface area contributed by atoms with Gasteiger partial charge in [-0.3, -0.25) is 4.79 Å². The van der Waals surface area contributed by atoms with E-state index in [1.54, 1.807) is 21.3 Å². The average molecular weight is 404 g/mol. The second-order valence-corrected chi connectivity index (χ2v) is 7.17. The van der Waals surface area contributed by atoms with E-state index in [0.717, 1.165) is 28.0 Å². The summed E-state index contributed by atoms with van der Waals surface area (Å²) < 4.78 is 22.4. The van der Waals surface area contributed by atoms with Crippen LogP contribution in [0.4, 0.5) is 0 Å². The minimum absolute atomic E-state index is 0.178. The summed E-state index contributed by atoms with van der Waals surface area (Å²) in [7, 11) is 4.86. The zero-order valence-corrected chi connectivity index (χ0v) is 17.3. The van der Waals surface area contributed by atoms with Crippen LogP contribution >= 0.6 is 0 Å². The number of carbonyl (C=O) groups is 1. The normalized spacial score (nSPS) is 15.2. The van der Waals surface area contributed by atoms with E-state index < -0.39 is 0 Å². The number of hydrogen-bond donors (Lipinski definition) is 0. The maximum absolute atomic E-state index is 12.6. The maximum Gasteiger partial charge on any atom is 0.312 e. The van der Waals surface area contributed by atoms with Crippen molar-refractivity contribution in [3.63, 3.8) is 0 Å². The lowest BCUT2D eigenvalue weighted by atomic mass is 9.83. The highest BCUT2D eigenvalue weighted by molar-refractivity contribution is 5.80. The minimum atomic E-state index is -0.270. The van der Waals surface area contributed by atoms with Crippen molar-refractivity contribution in [1.82, 2.24) is 0 Å². The lowest BCUT2D eigenvalue weighted by Crippen LogP contribution is -2.23. The molecule has 5 nitrogen and oxygen atoms in total. The van der Waals surface area contributed by atoms with Gasteiger partial charge in [-0.2, -0.15) is 0 Å². The van der Waals surface area contributed by atoms with E-state index >= 15 is 0 Å². The highest BCUT2D eigenvalue weighted by Gasteiger charge is 2.35. The molecule has 5 heteroatoms. The Labute approximate surface area is 176 Å². The molecule has 3 aromatic rings. The number of fused-ring (bicyclic) bond motifs is 1. The zero-order chi connectivity index (χ0) is 21.1. The third-order valence-corrected chi connectivity index (χ3v) is 5.46. The number of carbonyl (C=O) groups excluding carboxylic acids is 1. The Morgan fingerprint density at radius 2 is 1.60 bits per heavy atom. The molecule has 0 aromatic heterocycles. The molecule has 0 bridgehead atoms. The van der Waals surface area contributed by atoms with E-state index in [1.165, 1.54) is 0 Å². The molecule has 1 aliphatic heterocycles. The summed E-state index contributed by atoms with van der Waals surface area (Å²) in [4.78, 5) is 12.6. The van der Waals surface area contributed by atoms with E-state index in [1.807, 2.05) is 60.7 Å². The Morgan fingerprint density at radius 1 is 0.900 bits per heavy atom. The minimum Gasteiger partial charge on any atom is -0.497 e. The van der Waals surface area contributed by atoms with Crippen molar-refractivity contribution < 1.29 is 23.7 Å². The smallest absolute Gasteiger partial charge is 0.312 e. The van der Waals surface area contributed by atoms with Crippen molar-refractivity contribution in [3.8, 4) is 23.0 Å². The molecule has 0 aliphatic carbocycles. The summed E-state index contributed by atoms with van der Waals surface area (Å²) in [6.45, 7) is 0. The van der Waals surface area contributed by atoms with Gasteiger partial charge in [0.05, 0.1) is 27.8 Å². The van der Waals surface area contributed by atoms with Crippen molar-refractivity contribution in [2.24, 2.45) is 0 Å². The molecule has 1 atom stereocenters. The molecular formula is C25H24O5. The second kappa shape index (κ2) is 8.49. The zero-order valence-electron chi connectivity index (χ0n) is 17.3. The molecule has 0 saturated carbocycles. The van der Waals surface area contributed by atoms with Crippen molar-refractivity contribution >= 4 is 5.97 Å². The van der Waals surface area contributed by atoms with Gasteiger partial charge in [-0.1, -0.05) is 42.5 Å². The molecule has 1 unspecified atom stereocenters. The molecule has 4 rings (SSSR count). The van der Waals surface area contributed by atoms with Gasteiger partial charge in [0.1, 0.15) is 23.0 Å². The van der Waals surface area contributed by atoms with E-state index in [0.29, 0.717) is 23.7 Å². The fraction of sp³-hybridized carbons (Fsp3) is 0.240. The Morgan fingerprint density at radius 3 is 2.23 bits per heavy atom. The average Bonchev–Trinajstić information content (AvgIpc) is 2.79. The molecule has 0 fully saturated rings. The van der Waals surface area contributed by atoms with Gasteiger partial charge in [0.25, 0.3) is 0 Å². The Hall–Kier alpha value is -3.47. The molecule has 3 aromatic carbocycles. The van der Waals surface area contributed by atoms with Crippen molar-refractivity contribution in [1.29, 1.82) is 0 Å². The molecule has 0 saturated heterocycles. The summed E-state index contributed by atoms with van der Waals surface area (Å²) in [6, 6.07) is 19.7. The van der Waals surface area contributed by atoms with Crippen LogP contribution in [0.3, 0.4) is 0 Å². The van der Waals surface area contributed by atoms with Gasteiger partial charge >= 0.3 is 5.97 Å². The molecule has 1 aliphatic rings. The summed E-state index contributed by atoms with van der Waals surface area (Å²) in [5.74, 6) is 2.14. The molecule has 30 heavy (non-hydrogen) atoms. The fourth-order valence-corrected chi connectivity index (χ4v) is 3.98. The lowest BCUT2D eigenvalue weighted by Gasteiger charge is -2.29. The Kier molecular flexibility index (Phi) is 5.61. The predicted octanol–water partition coefficient (Wildman–Crippen LogP) is 4.74. The van der Waals surface area contributed by atoms with Gasteiger partial charge in [0.15, 0.2) is 0 Å². The second-order valence-electron chi connectivity index (χ2n) is 7.17. The molecule has 0 spiro atoms. The monoisotopic (exact) mass is 404 g/mol. The Balaban J connectivity index is 1.88. The van der Waals surface area contributed by atoms with Crippen LogP contribution in [0.5, 0.6) is 23.0 Å². The summed E-state index contributed by atoms with van der Waals surface area (Å²) in [5.41, 5.74) is 3.81. The molecule has 0 N–H and O–H groups in total. The van der Waals surface area contributed by atoms with E-state index in [2.05, 4.69) is 0 Å². The van der Waals surface area contributed by atoms with Gasteiger partial charge in [-0.25, -0.2) is 0 Å². The van der Waals surface area contributed by atoms with Crippen LogP contribution < -0.4 is 18.9 Å². The quantitative estimate of drug-likeness (QED) is 0.439. The first-order valence-electron chi connectivity index (χ1n) is 9.81. The van der Waals surface area contributed by atoms with Crippen LogP contribution in [0.2, 0.25) is 0 Å². The number of esters is 1. The van der Waals surface area contributed by atoms with Gasteiger partial charge < -0.3 is 18.9 Å². The first-order valence-corrected chi connectivity index (χ1v) is 9.81. The van der Waals surface area contributed by atoms with E-state index in [-0.39, 0.29) is 18.3 Å². The topological polar surface area (TPSA) is 54.0 Å². The molecule has 0 radical (unpaired) electrons. The van der Waals surface area contributed by atoms with E-state index in [4.69, 9.17) is 18.9 Å². The molecule has 154 valence electrons. The number of ether oxygens (including phenoxy) is 4. The number of hydrogen-bond acceptors (Lipinski definition) is 5. The lowest BCUT2D eigenvalue weighted by molar-refractivity contribution is -0.135. The summed E-state index contributed by atoms with van der Waals surface area (Å²) in [6.07, 6.45) is 0.825.